The number of carbonyl (C=O) groups excluding carboxylic acids is 1. The quantitative estimate of drug-likeness (QED) is 0.569. The fourth-order valence-electron chi connectivity index (χ4n) is 1.41. The lowest BCUT2D eigenvalue weighted by Gasteiger charge is -2.31. The molecule has 2 unspecified atom stereocenters. The summed E-state index contributed by atoms with van der Waals surface area (Å²) < 4.78 is 5.20. The summed E-state index contributed by atoms with van der Waals surface area (Å²) in [6, 6.07) is 0. The molecular weight excluding hydrogens is 282 g/mol. The van der Waals surface area contributed by atoms with Crippen molar-refractivity contribution < 1.29 is 9.53 Å². The van der Waals surface area contributed by atoms with E-state index in [1.807, 2.05) is 0 Å². The van der Waals surface area contributed by atoms with E-state index in [0.29, 0.717) is 11.5 Å². The molecule has 1 aliphatic rings. The maximum absolute atomic E-state index is 11.8. The molecule has 0 amide bonds. The predicted molar refractivity (Wildman–Crippen MR) is 71.8 cm³/mol. The van der Waals surface area contributed by atoms with Crippen molar-refractivity contribution in [2.24, 2.45) is 0 Å². The van der Waals surface area contributed by atoms with E-state index in [1.54, 1.807) is 39.0 Å². The first-order valence-corrected chi connectivity index (χ1v) is 6.43. The average molecular weight is 298 g/mol. The summed E-state index contributed by atoms with van der Waals surface area (Å²) in [4.78, 5) is 10.8. The Labute approximate surface area is 117 Å². The summed E-state index contributed by atoms with van der Waals surface area (Å²) >= 11 is 18.3. The van der Waals surface area contributed by atoms with Gasteiger partial charge in [0.2, 0.25) is 0 Å². The minimum absolute atomic E-state index is 0.319. The summed E-state index contributed by atoms with van der Waals surface area (Å²) in [5.41, 5.74) is -0.588. The first-order valence-electron chi connectivity index (χ1n) is 5.24. The summed E-state index contributed by atoms with van der Waals surface area (Å²) in [5, 5.41) is -0.404. The van der Waals surface area contributed by atoms with Crippen molar-refractivity contribution >= 4 is 40.8 Å². The van der Waals surface area contributed by atoms with Crippen molar-refractivity contribution in [3.63, 3.8) is 0 Å². The molecule has 0 saturated heterocycles. The van der Waals surface area contributed by atoms with Gasteiger partial charge >= 0.3 is 5.97 Å². The second-order valence-corrected chi connectivity index (χ2v) is 6.60. The standard InChI is InChI=1S/C12H15Cl3O2/c1-11(2,3)17-10(16)9(14)12(15)6-4-5-8(13)7-12/h4-6,9H,7H2,1-3H3. The van der Waals surface area contributed by atoms with Gasteiger partial charge in [-0.1, -0.05) is 23.8 Å². The number of rotatable bonds is 2. The monoisotopic (exact) mass is 296 g/mol. The van der Waals surface area contributed by atoms with Crippen LogP contribution in [0.2, 0.25) is 0 Å². The van der Waals surface area contributed by atoms with Crippen LogP contribution in [0, 0.1) is 0 Å². The van der Waals surface area contributed by atoms with Gasteiger partial charge in [-0.2, -0.15) is 0 Å². The molecule has 0 aromatic heterocycles. The van der Waals surface area contributed by atoms with Gasteiger partial charge in [0.15, 0.2) is 5.38 Å². The van der Waals surface area contributed by atoms with Gasteiger partial charge in [-0.3, -0.25) is 4.79 Å². The number of ether oxygens (including phenoxy) is 1. The summed E-state index contributed by atoms with van der Waals surface area (Å²) in [5.74, 6) is -0.537. The summed E-state index contributed by atoms with van der Waals surface area (Å²) in [7, 11) is 0. The van der Waals surface area contributed by atoms with E-state index in [2.05, 4.69) is 0 Å². The molecule has 1 rings (SSSR count). The normalized spacial score (nSPS) is 26.4. The largest absolute Gasteiger partial charge is 0.459 e. The van der Waals surface area contributed by atoms with Crippen molar-refractivity contribution in [2.75, 3.05) is 0 Å². The Balaban J connectivity index is 2.77. The molecule has 2 nitrogen and oxygen atoms in total. The highest BCUT2D eigenvalue weighted by Gasteiger charge is 2.41. The van der Waals surface area contributed by atoms with Crippen molar-refractivity contribution in [2.45, 2.75) is 43.0 Å². The highest BCUT2D eigenvalue weighted by atomic mass is 35.5. The molecule has 0 bridgehead atoms. The smallest absolute Gasteiger partial charge is 0.326 e. The molecule has 0 radical (unpaired) electrons. The molecule has 0 aliphatic heterocycles. The van der Waals surface area contributed by atoms with Crippen LogP contribution in [0.15, 0.2) is 23.3 Å². The minimum atomic E-state index is -1.02. The maximum atomic E-state index is 11.8. The number of halogens is 3. The molecule has 0 heterocycles. The van der Waals surface area contributed by atoms with Crippen LogP contribution in [0.5, 0.6) is 0 Å². The lowest BCUT2D eigenvalue weighted by molar-refractivity contribution is -0.154. The average Bonchev–Trinajstić information content (AvgIpc) is 2.13. The van der Waals surface area contributed by atoms with Crippen molar-refractivity contribution in [3.8, 4) is 0 Å². The molecule has 1 aliphatic carbocycles. The van der Waals surface area contributed by atoms with Crippen molar-refractivity contribution in [1.29, 1.82) is 0 Å². The molecule has 0 N–H and O–H groups in total. The van der Waals surface area contributed by atoms with E-state index in [4.69, 9.17) is 39.5 Å². The Morgan fingerprint density at radius 2 is 2.12 bits per heavy atom. The van der Waals surface area contributed by atoms with Gasteiger partial charge in [-0.25, -0.2) is 0 Å². The lowest BCUT2D eigenvalue weighted by atomic mass is 9.95. The second kappa shape index (κ2) is 5.21. The highest BCUT2D eigenvalue weighted by Crippen LogP contribution is 2.38. The Hall–Kier alpha value is -0.180. The molecule has 0 aromatic rings. The zero-order valence-electron chi connectivity index (χ0n) is 9.97. The Bertz CT molecular complexity index is 368. The van der Waals surface area contributed by atoms with Crippen LogP contribution in [-0.2, 0) is 9.53 Å². The number of carbonyl (C=O) groups is 1. The van der Waals surface area contributed by atoms with E-state index < -0.39 is 21.8 Å². The third-order valence-corrected chi connectivity index (χ3v) is 3.54. The summed E-state index contributed by atoms with van der Waals surface area (Å²) in [6.45, 7) is 5.33. The molecule has 17 heavy (non-hydrogen) atoms. The maximum Gasteiger partial charge on any atom is 0.326 e. The van der Waals surface area contributed by atoms with Crippen LogP contribution in [-0.4, -0.2) is 21.8 Å². The van der Waals surface area contributed by atoms with E-state index in [-0.39, 0.29) is 0 Å². The SMILES string of the molecule is CC(C)(C)OC(=O)C(Cl)C1(Cl)C=CC=C(Cl)C1. The van der Waals surface area contributed by atoms with Crippen LogP contribution in [0.4, 0.5) is 0 Å². The van der Waals surface area contributed by atoms with E-state index >= 15 is 0 Å². The Morgan fingerprint density at radius 1 is 1.53 bits per heavy atom. The zero-order valence-corrected chi connectivity index (χ0v) is 12.2. The van der Waals surface area contributed by atoms with Gasteiger partial charge in [0.25, 0.3) is 0 Å². The van der Waals surface area contributed by atoms with E-state index in [0.717, 1.165) is 0 Å². The van der Waals surface area contributed by atoms with Crippen LogP contribution < -0.4 is 0 Å². The molecule has 0 fully saturated rings. The third kappa shape index (κ3) is 4.20. The van der Waals surface area contributed by atoms with E-state index in [9.17, 15) is 4.79 Å². The van der Waals surface area contributed by atoms with Crippen LogP contribution >= 0.6 is 34.8 Å². The Morgan fingerprint density at radius 3 is 2.59 bits per heavy atom. The van der Waals surface area contributed by atoms with Crippen LogP contribution in [0.25, 0.3) is 0 Å². The molecule has 0 saturated carbocycles. The van der Waals surface area contributed by atoms with Gasteiger partial charge in [-0.15, -0.1) is 23.2 Å². The van der Waals surface area contributed by atoms with Gasteiger partial charge < -0.3 is 4.74 Å². The Kier molecular flexibility index (Phi) is 4.56. The van der Waals surface area contributed by atoms with Gasteiger partial charge in [0.1, 0.15) is 5.60 Å². The van der Waals surface area contributed by atoms with Crippen LogP contribution in [0.1, 0.15) is 27.2 Å². The third-order valence-electron chi connectivity index (χ3n) is 2.13. The fraction of sp³-hybridized carbons (Fsp3) is 0.583. The van der Waals surface area contributed by atoms with Gasteiger partial charge in [0.05, 0.1) is 4.87 Å². The van der Waals surface area contributed by atoms with Crippen molar-refractivity contribution in [1.82, 2.24) is 0 Å². The number of hydrogen-bond donors (Lipinski definition) is 0. The molecule has 0 spiro atoms. The zero-order chi connectivity index (χ0) is 13.3. The molecule has 2 atom stereocenters. The number of hydrogen-bond acceptors (Lipinski definition) is 2. The first kappa shape index (κ1) is 14.9. The van der Waals surface area contributed by atoms with Gasteiger partial charge in [0, 0.05) is 11.5 Å². The van der Waals surface area contributed by atoms with Gasteiger partial charge in [-0.05, 0) is 26.8 Å². The second-order valence-electron chi connectivity index (χ2n) is 4.97. The number of esters is 1. The molecular formula is C12H15Cl3O2. The highest BCUT2D eigenvalue weighted by molar-refractivity contribution is 6.40. The molecule has 96 valence electrons. The number of alkyl halides is 2. The lowest BCUT2D eigenvalue weighted by Crippen LogP contribution is -2.41. The molecule has 0 aromatic carbocycles. The minimum Gasteiger partial charge on any atom is -0.459 e. The predicted octanol–water partition coefficient (Wildman–Crippen LogP) is 4.00. The topological polar surface area (TPSA) is 26.3 Å². The first-order chi connectivity index (χ1) is 7.64. The number of allylic oxidation sites excluding steroid dienone is 4. The van der Waals surface area contributed by atoms with E-state index in [1.165, 1.54) is 0 Å². The van der Waals surface area contributed by atoms with Crippen molar-refractivity contribution in [3.05, 3.63) is 23.3 Å². The molecule has 5 heteroatoms. The fourth-order valence-corrected chi connectivity index (χ4v) is 2.28. The van der Waals surface area contributed by atoms with Crippen LogP contribution in [0.3, 0.4) is 0 Å². The summed E-state index contributed by atoms with van der Waals surface area (Å²) in [6.07, 6.45) is 5.40.